The van der Waals surface area contributed by atoms with Crippen LogP contribution in [0.5, 0.6) is 0 Å². The van der Waals surface area contributed by atoms with Crippen molar-refractivity contribution < 1.29 is 9.53 Å². The number of benzene rings is 1. The molecule has 1 aromatic carbocycles. The maximum absolute atomic E-state index is 12.3. The Bertz CT molecular complexity index is 616. The molecule has 1 aromatic heterocycles. The summed E-state index contributed by atoms with van der Waals surface area (Å²) in [4.78, 5) is 16.7. The first-order chi connectivity index (χ1) is 10.2. The van der Waals surface area contributed by atoms with Crippen LogP contribution in [0.25, 0.3) is 10.9 Å². The van der Waals surface area contributed by atoms with E-state index in [9.17, 15) is 4.79 Å². The molecule has 0 spiro atoms. The summed E-state index contributed by atoms with van der Waals surface area (Å²) in [5.74, 6) is -0.212. The number of hydrogen-bond acceptors (Lipinski definition) is 4. The maximum Gasteiger partial charge on any atom is 0.313 e. The third kappa shape index (κ3) is 3.05. The van der Waals surface area contributed by atoms with Crippen molar-refractivity contribution in [1.29, 1.82) is 0 Å². The van der Waals surface area contributed by atoms with Crippen molar-refractivity contribution in [3.63, 3.8) is 0 Å². The summed E-state index contributed by atoms with van der Waals surface area (Å²) in [5.41, 5.74) is 7.27. The lowest BCUT2D eigenvalue weighted by Gasteiger charge is -2.29. The summed E-state index contributed by atoms with van der Waals surface area (Å²) in [6, 6.07) is 9.90. The summed E-state index contributed by atoms with van der Waals surface area (Å²) in [7, 11) is 0. The number of esters is 1. The zero-order valence-electron chi connectivity index (χ0n) is 12.6. The lowest BCUT2D eigenvalue weighted by molar-refractivity contribution is -0.155. The average molecular weight is 286 g/mol. The summed E-state index contributed by atoms with van der Waals surface area (Å²) in [6.45, 7) is 4.44. The van der Waals surface area contributed by atoms with Crippen molar-refractivity contribution in [3.8, 4) is 0 Å². The first-order valence-electron chi connectivity index (χ1n) is 7.36. The van der Waals surface area contributed by atoms with Gasteiger partial charge in [0.15, 0.2) is 0 Å². The van der Waals surface area contributed by atoms with Crippen molar-refractivity contribution in [2.75, 3.05) is 13.2 Å². The topological polar surface area (TPSA) is 65.2 Å². The Hall–Kier alpha value is -1.94. The highest BCUT2D eigenvalue weighted by Gasteiger charge is 2.37. The molecule has 0 saturated carbocycles. The number of carbonyl (C=O) groups is 1. The van der Waals surface area contributed by atoms with Crippen LogP contribution < -0.4 is 5.73 Å². The monoisotopic (exact) mass is 286 g/mol. The highest BCUT2D eigenvalue weighted by Crippen LogP contribution is 2.30. The predicted molar refractivity (Wildman–Crippen MR) is 83.9 cm³/mol. The molecule has 0 radical (unpaired) electrons. The van der Waals surface area contributed by atoms with Crippen molar-refractivity contribution in [3.05, 3.63) is 42.1 Å². The second kappa shape index (κ2) is 6.68. The molecule has 112 valence electrons. The van der Waals surface area contributed by atoms with E-state index >= 15 is 0 Å². The largest absolute Gasteiger partial charge is 0.466 e. The molecule has 2 aromatic rings. The summed E-state index contributed by atoms with van der Waals surface area (Å²) in [5, 5.41) is 1.07. The summed E-state index contributed by atoms with van der Waals surface area (Å²) < 4.78 is 5.24. The van der Waals surface area contributed by atoms with Crippen LogP contribution in [0.1, 0.15) is 25.8 Å². The molecule has 2 N–H and O–H groups in total. The molecule has 1 unspecified atom stereocenters. The van der Waals surface area contributed by atoms with Crippen LogP contribution in [-0.2, 0) is 16.0 Å². The molecule has 0 saturated heterocycles. The second-order valence-electron chi connectivity index (χ2n) is 5.22. The molecule has 1 heterocycles. The summed E-state index contributed by atoms with van der Waals surface area (Å²) in [6.07, 6.45) is 3.00. The Morgan fingerprint density at radius 1 is 1.29 bits per heavy atom. The molecule has 21 heavy (non-hydrogen) atoms. The van der Waals surface area contributed by atoms with E-state index in [0.29, 0.717) is 19.4 Å². The van der Waals surface area contributed by atoms with Gasteiger partial charge in [0.1, 0.15) is 0 Å². The van der Waals surface area contributed by atoms with E-state index in [1.165, 1.54) is 0 Å². The number of ether oxygens (including phenoxy) is 1. The molecule has 0 aliphatic heterocycles. The van der Waals surface area contributed by atoms with Gasteiger partial charge in [0.2, 0.25) is 0 Å². The van der Waals surface area contributed by atoms with E-state index in [4.69, 9.17) is 10.5 Å². The van der Waals surface area contributed by atoms with Crippen LogP contribution in [-0.4, -0.2) is 24.1 Å². The van der Waals surface area contributed by atoms with E-state index in [2.05, 4.69) is 4.98 Å². The standard InChI is InChI=1S/C17H22N2O2/c1-3-17(12-18,16(20)21-4-2)11-13-9-10-19-15-8-6-5-7-14(13)15/h5-10H,3-4,11-12,18H2,1-2H3. The minimum atomic E-state index is -0.667. The Balaban J connectivity index is 2.42. The van der Waals surface area contributed by atoms with Gasteiger partial charge in [-0.3, -0.25) is 9.78 Å². The number of carbonyl (C=O) groups excluding carboxylic acids is 1. The normalized spacial score (nSPS) is 13.9. The molecule has 4 heteroatoms. The zero-order chi connectivity index (χ0) is 15.3. The fourth-order valence-corrected chi connectivity index (χ4v) is 2.60. The number of nitrogens with zero attached hydrogens (tertiary/aromatic N) is 1. The Morgan fingerprint density at radius 2 is 2.05 bits per heavy atom. The van der Waals surface area contributed by atoms with Crippen LogP contribution >= 0.6 is 0 Å². The maximum atomic E-state index is 12.3. The predicted octanol–water partition coefficient (Wildman–Crippen LogP) is 2.70. The molecule has 4 nitrogen and oxygen atoms in total. The lowest BCUT2D eigenvalue weighted by Crippen LogP contribution is -2.41. The van der Waals surface area contributed by atoms with Crippen molar-refractivity contribution in [2.45, 2.75) is 26.7 Å². The third-order valence-corrected chi connectivity index (χ3v) is 4.04. The third-order valence-electron chi connectivity index (χ3n) is 4.04. The van der Waals surface area contributed by atoms with Gasteiger partial charge >= 0.3 is 5.97 Å². The molecule has 2 rings (SSSR count). The molecule has 0 aliphatic rings. The smallest absolute Gasteiger partial charge is 0.313 e. The minimum absolute atomic E-state index is 0.212. The molecule has 1 atom stereocenters. The molecule has 0 bridgehead atoms. The SMILES string of the molecule is CCOC(=O)C(CC)(CN)Cc1ccnc2ccccc12. The zero-order valence-corrected chi connectivity index (χ0v) is 12.6. The van der Waals surface area contributed by atoms with E-state index in [0.717, 1.165) is 16.5 Å². The molecule has 0 aliphatic carbocycles. The van der Waals surface area contributed by atoms with Gasteiger partial charge in [-0.05, 0) is 37.5 Å². The second-order valence-corrected chi connectivity index (χ2v) is 5.22. The van der Waals surface area contributed by atoms with Crippen LogP contribution in [0.15, 0.2) is 36.5 Å². The van der Waals surface area contributed by atoms with E-state index in [1.807, 2.05) is 44.2 Å². The van der Waals surface area contributed by atoms with E-state index in [1.54, 1.807) is 6.20 Å². The Morgan fingerprint density at radius 3 is 2.71 bits per heavy atom. The number of aromatic nitrogens is 1. The van der Waals surface area contributed by atoms with Crippen LogP contribution in [0.3, 0.4) is 0 Å². The van der Waals surface area contributed by atoms with Gasteiger partial charge in [-0.15, -0.1) is 0 Å². The quantitative estimate of drug-likeness (QED) is 0.829. The molecular weight excluding hydrogens is 264 g/mol. The van der Waals surface area contributed by atoms with E-state index < -0.39 is 5.41 Å². The Labute approximate surface area is 125 Å². The summed E-state index contributed by atoms with van der Waals surface area (Å²) >= 11 is 0. The van der Waals surface area contributed by atoms with Gasteiger partial charge in [-0.2, -0.15) is 0 Å². The number of hydrogen-bond donors (Lipinski definition) is 1. The fourth-order valence-electron chi connectivity index (χ4n) is 2.60. The highest BCUT2D eigenvalue weighted by atomic mass is 16.5. The minimum Gasteiger partial charge on any atom is -0.466 e. The van der Waals surface area contributed by atoms with Crippen LogP contribution in [0.2, 0.25) is 0 Å². The van der Waals surface area contributed by atoms with Gasteiger partial charge in [-0.25, -0.2) is 0 Å². The van der Waals surface area contributed by atoms with Crippen LogP contribution in [0.4, 0.5) is 0 Å². The van der Waals surface area contributed by atoms with Crippen molar-refractivity contribution in [2.24, 2.45) is 11.1 Å². The molecule has 0 amide bonds. The van der Waals surface area contributed by atoms with E-state index in [-0.39, 0.29) is 12.5 Å². The number of pyridine rings is 1. The first kappa shape index (κ1) is 15.4. The highest BCUT2D eigenvalue weighted by molar-refractivity contribution is 5.84. The molecule has 0 fully saturated rings. The van der Waals surface area contributed by atoms with Crippen LogP contribution in [0, 0.1) is 5.41 Å². The van der Waals surface area contributed by atoms with Gasteiger partial charge < -0.3 is 10.5 Å². The van der Waals surface area contributed by atoms with Crippen molar-refractivity contribution in [1.82, 2.24) is 4.98 Å². The lowest BCUT2D eigenvalue weighted by atomic mass is 9.78. The number of rotatable bonds is 6. The Kier molecular flexibility index (Phi) is 4.91. The van der Waals surface area contributed by atoms with Gasteiger partial charge in [0.05, 0.1) is 17.5 Å². The number of fused-ring (bicyclic) bond motifs is 1. The fraction of sp³-hybridized carbons (Fsp3) is 0.412. The number of para-hydroxylation sites is 1. The molecular formula is C17H22N2O2. The first-order valence-corrected chi connectivity index (χ1v) is 7.36. The van der Waals surface area contributed by atoms with Gasteiger partial charge in [-0.1, -0.05) is 25.1 Å². The number of nitrogens with two attached hydrogens (primary N) is 1. The van der Waals surface area contributed by atoms with Gasteiger partial charge in [0.25, 0.3) is 0 Å². The van der Waals surface area contributed by atoms with Gasteiger partial charge in [0, 0.05) is 18.1 Å². The average Bonchev–Trinajstić information content (AvgIpc) is 2.53. The van der Waals surface area contributed by atoms with Crippen molar-refractivity contribution >= 4 is 16.9 Å².